The fraction of sp³-hybridized carbons (Fsp3) is 0.919. The number of hydrogen-bond acceptors (Lipinski definition) is 7. The van der Waals surface area contributed by atoms with Crippen molar-refractivity contribution in [2.75, 3.05) is 78.6 Å². The smallest absolute Gasteiger partial charge is 0.242 e. The molecule has 0 aliphatic rings. The molecule has 0 heterocycles. The number of aliphatic hydroxyl groups is 1. The molecule has 0 aliphatic carbocycles. The minimum absolute atomic E-state index is 0.0506. The van der Waals surface area contributed by atoms with Crippen molar-refractivity contribution in [2.24, 2.45) is 5.73 Å². The normalized spacial score (nSPS) is 11.4. The maximum absolute atomic E-state index is 14.7. The standard InChI is InChI=1S/C62H122N6O6/c1-6-11-15-19-23-27-31-35-39-43-47-65(53-58(63)70)60(72)55-67(49-45-41-37-33-29-25-21-17-13-8-3)62(74)57-68(50-46-42-38-34-30-26-22-18-14-9-4)61(73)56-66(59(71)54-64(10-5)51-52-69)48-44-40-36-32-28-24-20-16-12-7-2/h69H,6-57H2,1-5H3,(H2,63,70). The van der Waals surface area contributed by atoms with Gasteiger partial charge in [0, 0.05) is 32.7 Å². The summed E-state index contributed by atoms with van der Waals surface area (Å²) in [6.07, 6.45) is 46.2. The first kappa shape index (κ1) is 71.3. The lowest BCUT2D eigenvalue weighted by Crippen LogP contribution is -2.51. The molecule has 0 fully saturated rings. The highest BCUT2D eigenvalue weighted by Crippen LogP contribution is 2.16. The van der Waals surface area contributed by atoms with E-state index < -0.39 is 5.91 Å². The van der Waals surface area contributed by atoms with Crippen LogP contribution in [0.2, 0.25) is 0 Å². The molecular weight excluding hydrogens is 925 g/mol. The average Bonchev–Trinajstić information content (AvgIpc) is 3.38. The Bertz CT molecular complexity index is 1320. The Morgan fingerprint density at radius 1 is 0.284 bits per heavy atom. The molecule has 74 heavy (non-hydrogen) atoms. The second-order valence-electron chi connectivity index (χ2n) is 22.0. The van der Waals surface area contributed by atoms with Crippen LogP contribution in [0.4, 0.5) is 0 Å². The summed E-state index contributed by atoms with van der Waals surface area (Å²) in [5, 5.41) is 9.72. The van der Waals surface area contributed by atoms with Crippen LogP contribution in [0.3, 0.4) is 0 Å². The molecule has 0 unspecified atom stereocenters. The Labute approximate surface area is 457 Å². The lowest BCUT2D eigenvalue weighted by Gasteiger charge is -2.31. The van der Waals surface area contributed by atoms with E-state index in [0.29, 0.717) is 39.3 Å². The summed E-state index contributed by atoms with van der Waals surface area (Å²) >= 11 is 0. The highest BCUT2D eigenvalue weighted by atomic mass is 16.3. The molecule has 0 rings (SSSR count). The lowest BCUT2D eigenvalue weighted by molar-refractivity contribution is -0.146. The van der Waals surface area contributed by atoms with E-state index in [-0.39, 0.29) is 63.0 Å². The first-order valence-electron chi connectivity index (χ1n) is 31.8. The monoisotopic (exact) mass is 1050 g/mol. The van der Waals surface area contributed by atoms with Crippen LogP contribution in [0, 0.1) is 0 Å². The third-order valence-corrected chi connectivity index (χ3v) is 15.1. The van der Waals surface area contributed by atoms with Crippen LogP contribution in [0.1, 0.15) is 291 Å². The fourth-order valence-corrected chi connectivity index (χ4v) is 10.1. The summed E-state index contributed by atoms with van der Waals surface area (Å²) in [6.45, 7) is 13.0. The Morgan fingerprint density at radius 3 is 0.689 bits per heavy atom. The van der Waals surface area contributed by atoms with Crippen LogP contribution >= 0.6 is 0 Å². The van der Waals surface area contributed by atoms with Gasteiger partial charge in [-0.1, -0.05) is 266 Å². The van der Waals surface area contributed by atoms with Crippen molar-refractivity contribution < 1.29 is 29.1 Å². The van der Waals surface area contributed by atoms with Crippen molar-refractivity contribution in [1.82, 2.24) is 24.5 Å². The first-order chi connectivity index (χ1) is 36.1. The van der Waals surface area contributed by atoms with Crippen molar-refractivity contribution in [1.29, 1.82) is 0 Å². The molecule has 0 radical (unpaired) electrons. The molecule has 0 bridgehead atoms. The zero-order valence-corrected chi connectivity index (χ0v) is 49.6. The van der Waals surface area contributed by atoms with E-state index in [9.17, 15) is 29.1 Å². The van der Waals surface area contributed by atoms with E-state index in [0.717, 1.165) is 96.3 Å². The molecule has 0 aromatic rings. The second-order valence-corrected chi connectivity index (χ2v) is 22.0. The Hall–Kier alpha value is -2.73. The van der Waals surface area contributed by atoms with Gasteiger partial charge in [-0.3, -0.25) is 28.9 Å². The lowest BCUT2D eigenvalue weighted by atomic mass is 10.1. The highest BCUT2D eigenvalue weighted by molar-refractivity contribution is 5.91. The molecule has 0 aromatic carbocycles. The summed E-state index contributed by atoms with van der Waals surface area (Å²) in [4.78, 5) is 78.2. The number of unbranched alkanes of at least 4 members (excludes halogenated alkanes) is 36. The molecule has 0 aromatic heterocycles. The summed E-state index contributed by atoms with van der Waals surface area (Å²) in [7, 11) is 0. The number of carbonyl (C=O) groups excluding carboxylic acids is 5. The van der Waals surface area contributed by atoms with Crippen molar-refractivity contribution in [3.05, 3.63) is 0 Å². The molecule has 0 saturated carbocycles. The van der Waals surface area contributed by atoms with E-state index >= 15 is 0 Å². The number of carbonyl (C=O) groups is 5. The molecule has 5 amide bonds. The van der Waals surface area contributed by atoms with Gasteiger partial charge in [0.05, 0.1) is 39.3 Å². The van der Waals surface area contributed by atoms with Crippen LogP contribution < -0.4 is 5.73 Å². The highest BCUT2D eigenvalue weighted by Gasteiger charge is 2.28. The fourth-order valence-electron chi connectivity index (χ4n) is 10.1. The second kappa shape index (κ2) is 53.7. The van der Waals surface area contributed by atoms with Gasteiger partial charge >= 0.3 is 0 Å². The Balaban J connectivity index is 6.31. The largest absolute Gasteiger partial charge is 0.395 e. The zero-order chi connectivity index (χ0) is 54.5. The van der Waals surface area contributed by atoms with Crippen LogP contribution in [0.15, 0.2) is 0 Å². The van der Waals surface area contributed by atoms with E-state index in [4.69, 9.17) is 5.73 Å². The number of primary amides is 1. The maximum atomic E-state index is 14.7. The number of nitrogens with two attached hydrogens (primary N) is 1. The third-order valence-electron chi connectivity index (χ3n) is 15.1. The Morgan fingerprint density at radius 2 is 0.486 bits per heavy atom. The molecule has 0 atom stereocenters. The SMILES string of the molecule is CCCCCCCCCCCCN(CC(N)=O)C(=O)CN(CCCCCCCCCCCC)C(=O)CN(CCCCCCCCCCCC)C(=O)CN(CCCCCCCCCCCC)C(=O)CN(CC)CCO. The molecular formula is C62H122N6O6. The van der Waals surface area contributed by atoms with E-state index in [1.165, 1.54) is 165 Å². The van der Waals surface area contributed by atoms with Gasteiger partial charge in [-0.05, 0) is 32.2 Å². The van der Waals surface area contributed by atoms with Gasteiger partial charge in [0.2, 0.25) is 29.5 Å². The Kier molecular flexibility index (Phi) is 51.7. The molecule has 3 N–H and O–H groups in total. The van der Waals surface area contributed by atoms with Crippen molar-refractivity contribution in [2.45, 2.75) is 291 Å². The van der Waals surface area contributed by atoms with Gasteiger partial charge in [-0.25, -0.2) is 0 Å². The molecule has 12 nitrogen and oxygen atoms in total. The third kappa shape index (κ3) is 43.4. The van der Waals surface area contributed by atoms with E-state index in [1.807, 2.05) is 11.8 Å². The summed E-state index contributed by atoms with van der Waals surface area (Å²) in [6, 6.07) is 0. The van der Waals surface area contributed by atoms with Gasteiger partial charge in [0.1, 0.15) is 0 Å². The van der Waals surface area contributed by atoms with Crippen LogP contribution in [-0.4, -0.2) is 138 Å². The molecule has 0 saturated heterocycles. The molecule has 436 valence electrons. The van der Waals surface area contributed by atoms with Gasteiger partial charge in [0.25, 0.3) is 0 Å². The number of rotatable bonds is 57. The van der Waals surface area contributed by atoms with Gasteiger partial charge in [-0.15, -0.1) is 0 Å². The minimum atomic E-state index is -0.568. The minimum Gasteiger partial charge on any atom is -0.395 e. The van der Waals surface area contributed by atoms with Gasteiger partial charge in [0.15, 0.2) is 0 Å². The number of likely N-dealkylation sites (N-methyl/N-ethyl adjacent to an activating group) is 1. The molecule has 0 aliphatic heterocycles. The average molecular weight is 1050 g/mol. The van der Waals surface area contributed by atoms with Crippen molar-refractivity contribution in [3.63, 3.8) is 0 Å². The predicted octanol–water partition coefficient (Wildman–Crippen LogP) is 13.8. The number of hydrogen-bond donors (Lipinski definition) is 2. The number of aliphatic hydroxyl groups excluding tert-OH is 1. The summed E-state index contributed by atoms with van der Waals surface area (Å²) in [5.74, 6) is -1.52. The summed E-state index contributed by atoms with van der Waals surface area (Å²) in [5.41, 5.74) is 5.71. The van der Waals surface area contributed by atoms with E-state index in [1.54, 1.807) is 14.7 Å². The molecule has 12 heteroatoms. The van der Waals surface area contributed by atoms with Crippen LogP contribution in [-0.2, 0) is 24.0 Å². The van der Waals surface area contributed by atoms with Crippen LogP contribution in [0.5, 0.6) is 0 Å². The van der Waals surface area contributed by atoms with Crippen molar-refractivity contribution in [3.8, 4) is 0 Å². The number of nitrogens with zero attached hydrogens (tertiary/aromatic N) is 5. The van der Waals surface area contributed by atoms with Crippen molar-refractivity contribution >= 4 is 29.5 Å². The number of amides is 5. The van der Waals surface area contributed by atoms with Gasteiger partial charge < -0.3 is 30.4 Å². The van der Waals surface area contributed by atoms with Gasteiger partial charge in [-0.2, -0.15) is 0 Å². The first-order valence-corrected chi connectivity index (χ1v) is 31.8. The zero-order valence-electron chi connectivity index (χ0n) is 49.6. The van der Waals surface area contributed by atoms with E-state index in [2.05, 4.69) is 27.7 Å². The van der Waals surface area contributed by atoms with Crippen LogP contribution in [0.25, 0.3) is 0 Å². The topological polar surface area (TPSA) is 148 Å². The quantitative estimate of drug-likeness (QED) is 0.0576. The predicted molar refractivity (Wildman–Crippen MR) is 312 cm³/mol. The summed E-state index contributed by atoms with van der Waals surface area (Å²) < 4.78 is 0. The molecule has 0 spiro atoms. The maximum Gasteiger partial charge on any atom is 0.242 e.